The molecule has 1 aromatic heterocycles. The van der Waals surface area contributed by atoms with E-state index in [0.717, 1.165) is 19.5 Å². The van der Waals surface area contributed by atoms with Crippen molar-refractivity contribution in [3.05, 3.63) is 53.5 Å². The number of nitriles is 1. The fourth-order valence-electron chi connectivity index (χ4n) is 2.24. The van der Waals surface area contributed by atoms with Gasteiger partial charge in [0.1, 0.15) is 0 Å². The number of halogens is 2. The largest absolute Gasteiger partial charge is 0.464 e. The van der Waals surface area contributed by atoms with Gasteiger partial charge in [-0.15, -0.1) is 0 Å². The number of sulfonamides is 1. The minimum Gasteiger partial charge on any atom is -0.464 e. The maximum Gasteiger partial charge on any atom is 0.360 e. The Labute approximate surface area is 154 Å². The van der Waals surface area contributed by atoms with Crippen LogP contribution in [0.1, 0.15) is 21.6 Å². The second-order valence-corrected chi connectivity index (χ2v) is 7.06. The van der Waals surface area contributed by atoms with Gasteiger partial charge < -0.3 is 4.74 Å². The van der Waals surface area contributed by atoms with Gasteiger partial charge in [-0.2, -0.15) is 5.26 Å². The topological polar surface area (TPSA) is 113 Å². The highest BCUT2D eigenvalue weighted by atomic mass is 32.2. The molecule has 0 saturated heterocycles. The Morgan fingerprint density at radius 1 is 1.30 bits per heavy atom. The maximum absolute atomic E-state index is 13.1. The van der Waals surface area contributed by atoms with Crippen molar-refractivity contribution in [2.45, 2.75) is 12.2 Å². The second-order valence-electron chi connectivity index (χ2n) is 5.17. The average Bonchev–Trinajstić information content (AvgIpc) is 2.65. The van der Waals surface area contributed by atoms with Crippen molar-refractivity contribution < 1.29 is 26.7 Å². The monoisotopic (exact) mass is 396 g/mol. The number of ether oxygens (including phenoxy) is 1. The summed E-state index contributed by atoms with van der Waals surface area (Å²) in [5.41, 5.74) is -0.300. The summed E-state index contributed by atoms with van der Waals surface area (Å²) in [6.07, 6.45) is -0.870. The van der Waals surface area contributed by atoms with Crippen LogP contribution in [0.25, 0.3) is 0 Å². The molecular formula is C16H14F2N4O4S. The van der Waals surface area contributed by atoms with Crippen LogP contribution in [0.3, 0.4) is 0 Å². The Kier molecular flexibility index (Phi) is 6.36. The van der Waals surface area contributed by atoms with Gasteiger partial charge in [-0.1, -0.05) is 18.2 Å². The van der Waals surface area contributed by atoms with Crippen LogP contribution in [-0.2, 0) is 20.5 Å². The van der Waals surface area contributed by atoms with Crippen LogP contribution in [0.4, 0.5) is 14.6 Å². The molecule has 2 rings (SSSR count). The van der Waals surface area contributed by atoms with E-state index in [9.17, 15) is 22.0 Å². The molecule has 27 heavy (non-hydrogen) atoms. The summed E-state index contributed by atoms with van der Waals surface area (Å²) < 4.78 is 56.6. The third-order valence-electron chi connectivity index (χ3n) is 3.41. The number of carbonyl (C=O) groups is 1. The minimum atomic E-state index is -4.43. The van der Waals surface area contributed by atoms with Gasteiger partial charge >= 0.3 is 5.97 Å². The van der Waals surface area contributed by atoms with Crippen LogP contribution in [0, 0.1) is 11.3 Å². The number of aromatic nitrogens is 2. The number of alkyl halides is 2. The number of nitrogens with zero attached hydrogens (tertiary/aromatic N) is 4. The molecule has 142 valence electrons. The predicted octanol–water partition coefficient (Wildman–Crippen LogP) is 1.74. The zero-order valence-corrected chi connectivity index (χ0v) is 14.9. The maximum atomic E-state index is 13.1. The fraction of sp³-hybridized carbons (Fsp3) is 0.250. The van der Waals surface area contributed by atoms with Crippen molar-refractivity contribution in [2.75, 3.05) is 18.0 Å². The number of carbonyl (C=O) groups excluding carboxylic acids is 1. The highest BCUT2D eigenvalue weighted by Crippen LogP contribution is 2.24. The average molecular weight is 396 g/mol. The predicted molar refractivity (Wildman–Crippen MR) is 90.5 cm³/mol. The van der Waals surface area contributed by atoms with E-state index in [1.165, 1.54) is 18.2 Å². The van der Waals surface area contributed by atoms with Crippen molar-refractivity contribution >= 4 is 21.8 Å². The van der Waals surface area contributed by atoms with E-state index in [0.29, 0.717) is 4.31 Å². The molecular weight excluding hydrogens is 382 g/mol. The molecule has 1 aromatic carbocycles. The van der Waals surface area contributed by atoms with E-state index in [1.54, 1.807) is 6.07 Å². The first-order valence-corrected chi connectivity index (χ1v) is 9.07. The lowest BCUT2D eigenvalue weighted by atomic mass is 10.1. The summed E-state index contributed by atoms with van der Waals surface area (Å²) in [7, 11) is -3.39. The van der Waals surface area contributed by atoms with E-state index in [2.05, 4.69) is 14.7 Å². The molecule has 0 saturated carbocycles. The first kappa shape index (κ1) is 20.2. The molecule has 0 N–H and O–H groups in total. The summed E-state index contributed by atoms with van der Waals surface area (Å²) in [4.78, 5) is 19.3. The number of methoxy groups -OCH3 is 1. The third kappa shape index (κ3) is 4.73. The van der Waals surface area contributed by atoms with Crippen LogP contribution in [0.5, 0.6) is 0 Å². The molecule has 0 aliphatic rings. The molecule has 0 radical (unpaired) electrons. The summed E-state index contributed by atoms with van der Waals surface area (Å²) in [5, 5.41) is 9.10. The zero-order valence-electron chi connectivity index (χ0n) is 14.0. The van der Waals surface area contributed by atoms with Gasteiger partial charge in [-0.05, 0) is 11.6 Å². The van der Waals surface area contributed by atoms with Crippen LogP contribution in [0.15, 0.2) is 36.7 Å². The Balaban J connectivity index is 2.54. The zero-order chi connectivity index (χ0) is 20.0. The summed E-state index contributed by atoms with van der Waals surface area (Å²) >= 11 is 0. The summed E-state index contributed by atoms with van der Waals surface area (Å²) in [6.45, 7) is -1.24. The minimum absolute atomic E-state index is 0.0883. The lowest BCUT2D eigenvalue weighted by Gasteiger charge is -2.24. The highest BCUT2D eigenvalue weighted by molar-refractivity contribution is 7.92. The Morgan fingerprint density at radius 3 is 2.59 bits per heavy atom. The van der Waals surface area contributed by atoms with Crippen molar-refractivity contribution in [1.82, 2.24) is 9.97 Å². The van der Waals surface area contributed by atoms with E-state index in [1.807, 2.05) is 6.07 Å². The third-order valence-corrected chi connectivity index (χ3v) is 5.08. The van der Waals surface area contributed by atoms with E-state index < -0.39 is 46.2 Å². The number of benzene rings is 1. The molecule has 0 bridgehead atoms. The lowest BCUT2D eigenvalue weighted by Crippen LogP contribution is -2.38. The lowest BCUT2D eigenvalue weighted by molar-refractivity contribution is 0.0594. The van der Waals surface area contributed by atoms with Crippen molar-refractivity contribution in [2.24, 2.45) is 0 Å². The fourth-order valence-corrected chi connectivity index (χ4v) is 3.78. The molecule has 0 amide bonds. The van der Waals surface area contributed by atoms with E-state index in [4.69, 9.17) is 5.26 Å². The van der Waals surface area contributed by atoms with Gasteiger partial charge in [0.25, 0.3) is 6.43 Å². The van der Waals surface area contributed by atoms with E-state index in [-0.39, 0.29) is 11.1 Å². The molecule has 11 heteroatoms. The van der Waals surface area contributed by atoms with Gasteiger partial charge in [-0.3, -0.25) is 0 Å². The first-order valence-electron chi connectivity index (χ1n) is 7.46. The summed E-state index contributed by atoms with van der Waals surface area (Å²) in [6, 6.07) is 7.71. The van der Waals surface area contributed by atoms with Crippen LogP contribution < -0.4 is 4.31 Å². The van der Waals surface area contributed by atoms with Gasteiger partial charge in [0.05, 0.1) is 31.0 Å². The second kappa shape index (κ2) is 8.50. The number of esters is 1. The van der Waals surface area contributed by atoms with Gasteiger partial charge in [0, 0.05) is 12.4 Å². The van der Waals surface area contributed by atoms with E-state index >= 15 is 0 Å². The molecule has 2 aromatic rings. The molecule has 0 spiro atoms. The molecule has 0 aliphatic heterocycles. The first-order chi connectivity index (χ1) is 12.8. The molecule has 0 unspecified atom stereocenters. The molecule has 0 atom stereocenters. The van der Waals surface area contributed by atoms with Crippen LogP contribution >= 0.6 is 0 Å². The number of rotatable bonds is 7. The number of hydrogen-bond acceptors (Lipinski definition) is 7. The standard InChI is InChI=1S/C16H14F2N4O4S/c1-26-16(23)14-15(21-7-6-20-14)22(9-13(17)18)27(24,25)10-12-5-3-2-4-11(12)8-19/h2-7,13H,9-10H2,1H3. The van der Waals surface area contributed by atoms with Crippen molar-refractivity contribution in [3.63, 3.8) is 0 Å². The summed E-state index contributed by atoms with van der Waals surface area (Å²) in [5.74, 6) is -2.33. The van der Waals surface area contributed by atoms with Crippen molar-refractivity contribution in [3.8, 4) is 6.07 Å². The highest BCUT2D eigenvalue weighted by Gasteiger charge is 2.32. The Hall–Kier alpha value is -3.13. The Bertz CT molecular complexity index is 976. The van der Waals surface area contributed by atoms with Crippen molar-refractivity contribution in [1.29, 1.82) is 5.26 Å². The van der Waals surface area contributed by atoms with Crippen LogP contribution in [0.2, 0.25) is 0 Å². The molecule has 8 nitrogen and oxygen atoms in total. The van der Waals surface area contributed by atoms with Gasteiger partial charge in [-0.25, -0.2) is 36.3 Å². The smallest absolute Gasteiger partial charge is 0.360 e. The molecule has 1 heterocycles. The van der Waals surface area contributed by atoms with Gasteiger partial charge in [0.15, 0.2) is 11.5 Å². The molecule has 0 aliphatic carbocycles. The Morgan fingerprint density at radius 2 is 1.96 bits per heavy atom. The quantitative estimate of drug-likeness (QED) is 0.655. The SMILES string of the molecule is COC(=O)c1nccnc1N(CC(F)F)S(=O)(=O)Cc1ccccc1C#N. The number of anilines is 1. The number of hydrogen-bond donors (Lipinski definition) is 0. The van der Waals surface area contributed by atoms with Crippen LogP contribution in [-0.4, -0.2) is 44.4 Å². The molecule has 0 fully saturated rings. The normalized spacial score (nSPS) is 11.1. The van der Waals surface area contributed by atoms with Gasteiger partial charge in [0.2, 0.25) is 10.0 Å².